The van der Waals surface area contributed by atoms with E-state index in [1.807, 2.05) is 13.0 Å². The lowest BCUT2D eigenvalue weighted by Gasteiger charge is -2.19. The number of rotatable bonds is 2. The van der Waals surface area contributed by atoms with Crippen molar-refractivity contribution in [3.05, 3.63) is 69.5 Å². The second-order valence-electron chi connectivity index (χ2n) is 5.35. The van der Waals surface area contributed by atoms with Crippen molar-refractivity contribution in [2.45, 2.75) is 33.7 Å². The molecule has 2 heteroatoms. The highest BCUT2D eigenvalue weighted by molar-refractivity contribution is 5.44. The molecule has 100 valence electrons. The van der Waals surface area contributed by atoms with Gasteiger partial charge in [-0.05, 0) is 67.6 Å². The molecule has 0 bridgehead atoms. The molecule has 0 radical (unpaired) electrons. The molecule has 0 saturated heterocycles. The molecule has 1 nitrogen and oxygen atoms in total. The topological polar surface area (TPSA) is 26.0 Å². The summed E-state index contributed by atoms with van der Waals surface area (Å²) >= 11 is 0. The SMILES string of the molecule is Cc1cc(F)cc(C(N)c2c(C)cc(C)cc2C)c1. The number of hydrogen-bond donors (Lipinski definition) is 1. The van der Waals surface area contributed by atoms with Gasteiger partial charge in [-0.2, -0.15) is 0 Å². The Bertz CT molecular complexity index is 573. The fourth-order valence-corrected chi connectivity index (χ4v) is 2.79. The summed E-state index contributed by atoms with van der Waals surface area (Å²) in [6.07, 6.45) is 0. The lowest BCUT2D eigenvalue weighted by Crippen LogP contribution is -2.15. The van der Waals surface area contributed by atoms with Crippen LogP contribution in [0.25, 0.3) is 0 Å². The molecule has 0 heterocycles. The Morgan fingerprint density at radius 3 is 1.89 bits per heavy atom. The molecule has 0 aliphatic rings. The van der Waals surface area contributed by atoms with Crippen molar-refractivity contribution in [3.63, 3.8) is 0 Å². The summed E-state index contributed by atoms with van der Waals surface area (Å²) in [4.78, 5) is 0. The van der Waals surface area contributed by atoms with Crippen LogP contribution in [0.3, 0.4) is 0 Å². The van der Waals surface area contributed by atoms with Crippen molar-refractivity contribution in [2.75, 3.05) is 0 Å². The van der Waals surface area contributed by atoms with Crippen LogP contribution in [0, 0.1) is 33.5 Å². The van der Waals surface area contributed by atoms with E-state index in [9.17, 15) is 4.39 Å². The van der Waals surface area contributed by atoms with Crippen LogP contribution in [0.1, 0.15) is 39.4 Å². The van der Waals surface area contributed by atoms with Crippen molar-refractivity contribution >= 4 is 0 Å². The Morgan fingerprint density at radius 1 is 0.842 bits per heavy atom. The highest BCUT2D eigenvalue weighted by atomic mass is 19.1. The standard InChI is InChI=1S/C17H20FN/c1-10-5-12(3)16(13(4)6-10)17(19)14-7-11(2)8-15(18)9-14/h5-9,17H,19H2,1-4H3. The normalized spacial score (nSPS) is 12.5. The maximum absolute atomic E-state index is 13.5. The number of halogens is 1. The van der Waals surface area contributed by atoms with E-state index in [0.717, 1.165) is 27.8 Å². The molecule has 2 rings (SSSR count). The summed E-state index contributed by atoms with van der Waals surface area (Å²) in [7, 11) is 0. The van der Waals surface area contributed by atoms with Gasteiger partial charge < -0.3 is 5.73 Å². The average Bonchev–Trinajstić information content (AvgIpc) is 2.25. The van der Waals surface area contributed by atoms with Crippen LogP contribution in [0.15, 0.2) is 30.3 Å². The van der Waals surface area contributed by atoms with E-state index in [2.05, 4.69) is 32.9 Å². The summed E-state index contributed by atoms with van der Waals surface area (Å²) in [5.74, 6) is -0.229. The van der Waals surface area contributed by atoms with Gasteiger partial charge in [-0.15, -0.1) is 0 Å². The Morgan fingerprint density at radius 2 is 1.37 bits per heavy atom. The smallest absolute Gasteiger partial charge is 0.123 e. The molecule has 2 N–H and O–H groups in total. The fraction of sp³-hybridized carbons (Fsp3) is 0.294. The number of hydrogen-bond acceptors (Lipinski definition) is 1. The Kier molecular flexibility index (Phi) is 3.72. The Labute approximate surface area is 114 Å². The predicted molar refractivity (Wildman–Crippen MR) is 77.8 cm³/mol. The minimum Gasteiger partial charge on any atom is -0.320 e. The summed E-state index contributed by atoms with van der Waals surface area (Å²) in [5.41, 5.74) is 12.7. The zero-order chi connectivity index (χ0) is 14.2. The van der Waals surface area contributed by atoms with E-state index < -0.39 is 0 Å². The maximum atomic E-state index is 13.5. The highest BCUT2D eigenvalue weighted by Crippen LogP contribution is 2.28. The third kappa shape index (κ3) is 2.85. The summed E-state index contributed by atoms with van der Waals surface area (Å²) < 4.78 is 13.5. The summed E-state index contributed by atoms with van der Waals surface area (Å²) in [5, 5.41) is 0. The van der Waals surface area contributed by atoms with Gasteiger partial charge in [0.2, 0.25) is 0 Å². The van der Waals surface area contributed by atoms with Gasteiger partial charge in [-0.25, -0.2) is 4.39 Å². The molecule has 1 unspecified atom stereocenters. The van der Waals surface area contributed by atoms with Crippen LogP contribution in [0.5, 0.6) is 0 Å². The molecule has 0 fully saturated rings. The molecular formula is C17H20FN. The highest BCUT2D eigenvalue weighted by Gasteiger charge is 2.15. The second-order valence-corrected chi connectivity index (χ2v) is 5.35. The molecule has 1 atom stereocenters. The molecule has 0 spiro atoms. The minimum atomic E-state index is -0.282. The van der Waals surface area contributed by atoms with Gasteiger partial charge in [0.25, 0.3) is 0 Å². The lowest BCUT2D eigenvalue weighted by atomic mass is 9.90. The van der Waals surface area contributed by atoms with Gasteiger partial charge in [0.15, 0.2) is 0 Å². The summed E-state index contributed by atoms with van der Waals surface area (Å²) in [6.45, 7) is 8.07. The zero-order valence-corrected chi connectivity index (χ0v) is 11.9. The van der Waals surface area contributed by atoms with Crippen molar-refractivity contribution in [2.24, 2.45) is 5.73 Å². The minimum absolute atomic E-state index is 0.229. The van der Waals surface area contributed by atoms with Crippen molar-refractivity contribution in [1.82, 2.24) is 0 Å². The molecular weight excluding hydrogens is 237 g/mol. The molecule has 0 aromatic heterocycles. The van der Waals surface area contributed by atoms with Crippen LogP contribution in [-0.2, 0) is 0 Å². The van der Waals surface area contributed by atoms with Crippen LogP contribution >= 0.6 is 0 Å². The quantitative estimate of drug-likeness (QED) is 0.861. The van der Waals surface area contributed by atoms with Gasteiger partial charge >= 0.3 is 0 Å². The van der Waals surface area contributed by atoms with Crippen molar-refractivity contribution < 1.29 is 4.39 Å². The lowest BCUT2D eigenvalue weighted by molar-refractivity contribution is 0.622. The zero-order valence-electron chi connectivity index (χ0n) is 11.9. The third-order valence-corrected chi connectivity index (χ3v) is 3.47. The molecule has 0 amide bonds. The van der Waals surface area contributed by atoms with Crippen LogP contribution in [0.2, 0.25) is 0 Å². The Hall–Kier alpha value is -1.67. The first-order valence-electron chi connectivity index (χ1n) is 6.49. The Balaban J connectivity index is 2.52. The van der Waals surface area contributed by atoms with E-state index in [1.54, 1.807) is 0 Å². The molecule has 19 heavy (non-hydrogen) atoms. The van der Waals surface area contributed by atoms with E-state index in [4.69, 9.17) is 5.73 Å². The number of nitrogens with two attached hydrogens (primary N) is 1. The first kappa shape index (κ1) is 13.8. The fourth-order valence-electron chi connectivity index (χ4n) is 2.79. The monoisotopic (exact) mass is 257 g/mol. The van der Waals surface area contributed by atoms with E-state index in [1.165, 1.54) is 17.7 Å². The maximum Gasteiger partial charge on any atom is 0.123 e. The van der Waals surface area contributed by atoms with Crippen molar-refractivity contribution in [3.8, 4) is 0 Å². The van der Waals surface area contributed by atoms with Crippen LogP contribution in [-0.4, -0.2) is 0 Å². The van der Waals surface area contributed by atoms with Gasteiger partial charge in [-0.1, -0.05) is 23.8 Å². The van der Waals surface area contributed by atoms with Gasteiger partial charge in [0.1, 0.15) is 5.82 Å². The molecule has 0 saturated carbocycles. The van der Waals surface area contributed by atoms with Gasteiger partial charge in [0.05, 0.1) is 6.04 Å². The number of benzene rings is 2. The molecule has 0 aliphatic carbocycles. The first-order valence-corrected chi connectivity index (χ1v) is 6.49. The molecule has 2 aromatic rings. The first-order chi connectivity index (χ1) is 8.88. The van der Waals surface area contributed by atoms with Gasteiger partial charge in [-0.3, -0.25) is 0 Å². The molecule has 0 aliphatic heterocycles. The van der Waals surface area contributed by atoms with E-state index in [-0.39, 0.29) is 11.9 Å². The van der Waals surface area contributed by atoms with Gasteiger partial charge in [0, 0.05) is 0 Å². The third-order valence-electron chi connectivity index (χ3n) is 3.47. The van der Waals surface area contributed by atoms with Crippen molar-refractivity contribution in [1.29, 1.82) is 0 Å². The van der Waals surface area contributed by atoms with Crippen LogP contribution in [0.4, 0.5) is 4.39 Å². The molecule has 2 aromatic carbocycles. The van der Waals surface area contributed by atoms with Crippen LogP contribution < -0.4 is 5.73 Å². The predicted octanol–water partition coefficient (Wildman–Crippen LogP) is 4.11. The van der Waals surface area contributed by atoms with E-state index in [0.29, 0.717) is 0 Å². The number of aryl methyl sites for hydroxylation is 4. The summed E-state index contributed by atoms with van der Waals surface area (Å²) in [6, 6.07) is 8.95. The van der Waals surface area contributed by atoms with E-state index >= 15 is 0 Å². The largest absolute Gasteiger partial charge is 0.320 e. The average molecular weight is 257 g/mol. The second kappa shape index (κ2) is 5.14.